The first-order chi connectivity index (χ1) is 13.5. The van der Waals surface area contributed by atoms with Crippen LogP contribution in [-0.2, 0) is 14.8 Å². The number of nitrogens with zero attached hydrogens (tertiary/aromatic N) is 3. The summed E-state index contributed by atoms with van der Waals surface area (Å²) in [5.41, 5.74) is 5.22. The van der Waals surface area contributed by atoms with Crippen LogP contribution in [0.25, 0.3) is 0 Å². The summed E-state index contributed by atoms with van der Waals surface area (Å²) in [4.78, 5) is 22.6. The van der Waals surface area contributed by atoms with E-state index in [0.717, 1.165) is 21.7 Å². The fourth-order valence-electron chi connectivity index (χ4n) is 2.76. The smallest absolute Gasteiger partial charge is 0.269 e. The highest BCUT2D eigenvalue weighted by Crippen LogP contribution is 2.26. The number of nitro benzene ring substituents is 1. The highest BCUT2D eigenvalue weighted by molar-refractivity contribution is 7.92. The SMILES string of the molecule is CC(=NNC(=O)CN(c1c(C)cccc1C)S(C)(=O)=O)c1ccc([N+](=O)[O-])cc1. The second kappa shape index (κ2) is 8.82. The minimum Gasteiger partial charge on any atom is -0.271 e. The Hall–Kier alpha value is -3.27. The molecule has 10 heteroatoms. The van der Waals surface area contributed by atoms with Crippen molar-refractivity contribution in [1.29, 1.82) is 0 Å². The first-order valence-corrected chi connectivity index (χ1v) is 10.5. The van der Waals surface area contributed by atoms with Gasteiger partial charge in [0.1, 0.15) is 6.54 Å². The van der Waals surface area contributed by atoms with Crippen molar-refractivity contribution in [2.24, 2.45) is 5.10 Å². The molecule has 9 nitrogen and oxygen atoms in total. The van der Waals surface area contributed by atoms with E-state index in [-0.39, 0.29) is 5.69 Å². The van der Waals surface area contributed by atoms with E-state index >= 15 is 0 Å². The van der Waals surface area contributed by atoms with Crippen molar-refractivity contribution in [2.75, 3.05) is 17.1 Å². The number of nitrogens with one attached hydrogen (secondary N) is 1. The molecule has 0 saturated carbocycles. The maximum atomic E-state index is 12.4. The summed E-state index contributed by atoms with van der Waals surface area (Å²) >= 11 is 0. The van der Waals surface area contributed by atoms with Gasteiger partial charge in [0, 0.05) is 12.1 Å². The van der Waals surface area contributed by atoms with E-state index in [2.05, 4.69) is 10.5 Å². The number of non-ortho nitro benzene ring substituents is 1. The topological polar surface area (TPSA) is 122 Å². The zero-order valence-electron chi connectivity index (χ0n) is 16.5. The fourth-order valence-corrected chi connectivity index (χ4v) is 3.73. The molecule has 0 bridgehead atoms. The quantitative estimate of drug-likeness (QED) is 0.421. The van der Waals surface area contributed by atoms with Gasteiger partial charge in [-0.2, -0.15) is 5.10 Å². The highest BCUT2D eigenvalue weighted by Gasteiger charge is 2.23. The second-order valence-electron chi connectivity index (χ2n) is 6.55. The van der Waals surface area contributed by atoms with Gasteiger partial charge >= 0.3 is 0 Å². The first kappa shape index (κ1) is 22.0. The molecule has 0 heterocycles. The number of para-hydroxylation sites is 1. The minimum atomic E-state index is -3.70. The summed E-state index contributed by atoms with van der Waals surface area (Å²) in [6.45, 7) is 4.74. The predicted molar refractivity (Wildman–Crippen MR) is 112 cm³/mol. The van der Waals surface area contributed by atoms with Crippen molar-refractivity contribution < 1.29 is 18.1 Å². The fraction of sp³-hybridized carbons (Fsp3) is 0.263. The average molecular weight is 418 g/mol. The predicted octanol–water partition coefficient (Wildman–Crippen LogP) is 2.52. The van der Waals surface area contributed by atoms with Crippen LogP contribution in [0.2, 0.25) is 0 Å². The van der Waals surface area contributed by atoms with Gasteiger partial charge in [0.25, 0.3) is 11.6 Å². The number of amides is 1. The van der Waals surface area contributed by atoms with Gasteiger partial charge in [-0.15, -0.1) is 0 Å². The van der Waals surface area contributed by atoms with Crippen molar-refractivity contribution in [1.82, 2.24) is 5.43 Å². The van der Waals surface area contributed by atoms with Gasteiger partial charge < -0.3 is 0 Å². The molecule has 0 saturated heterocycles. The van der Waals surface area contributed by atoms with Gasteiger partial charge in [0.2, 0.25) is 10.0 Å². The summed E-state index contributed by atoms with van der Waals surface area (Å²) < 4.78 is 25.6. The third kappa shape index (κ3) is 5.61. The standard InChI is InChI=1S/C19H22N4O5S/c1-13-6-5-7-14(2)19(13)22(29(4,27)28)12-18(24)21-20-15(3)16-8-10-17(11-9-16)23(25)26/h5-11H,12H2,1-4H3,(H,21,24). The van der Waals surface area contributed by atoms with Gasteiger partial charge in [-0.05, 0) is 49.6 Å². The Morgan fingerprint density at radius 2 is 1.69 bits per heavy atom. The summed E-state index contributed by atoms with van der Waals surface area (Å²) in [6, 6.07) is 11.1. The largest absolute Gasteiger partial charge is 0.271 e. The molecule has 1 N–H and O–H groups in total. The van der Waals surface area contributed by atoms with E-state index in [1.807, 2.05) is 6.07 Å². The Bertz CT molecular complexity index is 1040. The van der Waals surface area contributed by atoms with E-state index in [4.69, 9.17) is 0 Å². The number of hydrogen-bond donors (Lipinski definition) is 1. The van der Waals surface area contributed by atoms with Crippen LogP contribution in [-0.4, -0.2) is 37.8 Å². The van der Waals surface area contributed by atoms with Crippen LogP contribution in [0.5, 0.6) is 0 Å². The van der Waals surface area contributed by atoms with Crippen LogP contribution in [0.3, 0.4) is 0 Å². The molecule has 0 radical (unpaired) electrons. The number of anilines is 1. The van der Waals surface area contributed by atoms with E-state index in [0.29, 0.717) is 17.0 Å². The summed E-state index contributed by atoms with van der Waals surface area (Å²) in [5.74, 6) is -0.612. The van der Waals surface area contributed by atoms with Gasteiger partial charge in [0.15, 0.2) is 0 Å². The van der Waals surface area contributed by atoms with Crippen molar-refractivity contribution in [3.63, 3.8) is 0 Å². The monoisotopic (exact) mass is 418 g/mol. The van der Waals surface area contributed by atoms with Gasteiger partial charge in [-0.3, -0.25) is 19.2 Å². The summed E-state index contributed by atoms with van der Waals surface area (Å²) in [7, 11) is -3.70. The maximum absolute atomic E-state index is 12.4. The number of hydrogen-bond acceptors (Lipinski definition) is 6. The first-order valence-electron chi connectivity index (χ1n) is 8.62. The Balaban J connectivity index is 2.18. The minimum absolute atomic E-state index is 0.0528. The zero-order valence-corrected chi connectivity index (χ0v) is 17.4. The molecule has 29 heavy (non-hydrogen) atoms. The molecule has 2 aromatic rings. The number of hydrazone groups is 1. The summed E-state index contributed by atoms with van der Waals surface area (Å²) in [5, 5.41) is 14.7. The molecule has 2 rings (SSSR count). The van der Waals surface area contributed by atoms with E-state index in [1.54, 1.807) is 32.9 Å². The molecular formula is C19H22N4O5S. The lowest BCUT2D eigenvalue weighted by atomic mass is 10.1. The molecule has 0 unspecified atom stereocenters. The zero-order chi connectivity index (χ0) is 21.8. The number of carbonyl (C=O) groups excluding carboxylic acids is 1. The van der Waals surface area contributed by atoms with Gasteiger partial charge in [-0.1, -0.05) is 18.2 Å². The van der Waals surface area contributed by atoms with Crippen LogP contribution < -0.4 is 9.73 Å². The van der Waals surface area contributed by atoms with Crippen LogP contribution in [0.1, 0.15) is 23.6 Å². The van der Waals surface area contributed by atoms with Crippen LogP contribution in [0, 0.1) is 24.0 Å². The molecule has 0 atom stereocenters. The average Bonchev–Trinajstić information content (AvgIpc) is 2.64. The van der Waals surface area contributed by atoms with Crippen LogP contribution in [0.4, 0.5) is 11.4 Å². The molecule has 0 aromatic heterocycles. The third-order valence-electron chi connectivity index (χ3n) is 4.22. The van der Waals surface area contributed by atoms with Crippen LogP contribution in [0.15, 0.2) is 47.6 Å². The van der Waals surface area contributed by atoms with Crippen molar-refractivity contribution in [2.45, 2.75) is 20.8 Å². The Morgan fingerprint density at radius 3 is 2.17 bits per heavy atom. The van der Waals surface area contributed by atoms with Crippen molar-refractivity contribution >= 4 is 33.0 Å². The normalized spacial score (nSPS) is 11.8. The lowest BCUT2D eigenvalue weighted by Crippen LogP contribution is -2.40. The number of sulfonamides is 1. The highest BCUT2D eigenvalue weighted by atomic mass is 32.2. The molecule has 154 valence electrons. The molecule has 0 aliphatic carbocycles. The molecule has 2 aromatic carbocycles. The van der Waals surface area contributed by atoms with Crippen molar-refractivity contribution in [3.05, 3.63) is 69.3 Å². The number of carbonyl (C=O) groups is 1. The Morgan fingerprint density at radius 1 is 1.14 bits per heavy atom. The number of nitro groups is 1. The molecule has 0 spiro atoms. The lowest BCUT2D eigenvalue weighted by Gasteiger charge is -2.25. The Labute approximate surface area is 169 Å². The summed E-state index contributed by atoms with van der Waals surface area (Å²) in [6.07, 6.45) is 1.04. The molecule has 0 fully saturated rings. The molecule has 0 aliphatic rings. The van der Waals surface area contributed by atoms with Crippen molar-refractivity contribution in [3.8, 4) is 0 Å². The molecule has 1 amide bonds. The lowest BCUT2D eigenvalue weighted by molar-refractivity contribution is -0.384. The molecular weight excluding hydrogens is 396 g/mol. The number of rotatable bonds is 7. The number of aryl methyl sites for hydroxylation is 2. The second-order valence-corrected chi connectivity index (χ2v) is 8.45. The van der Waals surface area contributed by atoms with E-state index in [1.165, 1.54) is 24.3 Å². The van der Waals surface area contributed by atoms with Crippen LogP contribution >= 0.6 is 0 Å². The van der Waals surface area contributed by atoms with E-state index < -0.39 is 27.4 Å². The van der Waals surface area contributed by atoms with Gasteiger partial charge in [0.05, 0.1) is 22.6 Å². The third-order valence-corrected chi connectivity index (χ3v) is 5.33. The Kier molecular flexibility index (Phi) is 6.70. The van der Waals surface area contributed by atoms with E-state index in [9.17, 15) is 23.3 Å². The maximum Gasteiger partial charge on any atom is 0.269 e. The van der Waals surface area contributed by atoms with Gasteiger partial charge in [-0.25, -0.2) is 13.8 Å². The number of benzene rings is 2. The molecule has 0 aliphatic heterocycles.